The maximum absolute atomic E-state index is 12.7. The molecule has 2 aromatic rings. The molecule has 0 amide bonds. The highest BCUT2D eigenvalue weighted by Crippen LogP contribution is 2.17. The third kappa shape index (κ3) is 7.78. The molecule has 0 spiro atoms. The van der Waals surface area contributed by atoms with E-state index in [-0.39, 0.29) is 11.5 Å². The molecule has 0 aromatic heterocycles. The molecule has 162 valence electrons. The maximum Gasteiger partial charge on any atom is 0.325 e. The van der Waals surface area contributed by atoms with E-state index in [4.69, 9.17) is 21.1 Å². The SMILES string of the molecule is CC(C)(C)OC(=O)[C@@H](CC(=O)OCc1ccccc1)NS(=O)(=O)c1ccc(Cl)cc1. The fourth-order valence-corrected chi connectivity index (χ4v) is 3.69. The summed E-state index contributed by atoms with van der Waals surface area (Å²) in [7, 11) is -4.11. The lowest BCUT2D eigenvalue weighted by Crippen LogP contribution is -2.45. The Labute approximate surface area is 181 Å². The summed E-state index contributed by atoms with van der Waals surface area (Å²) in [5, 5.41) is 0.363. The Bertz CT molecular complexity index is 969. The van der Waals surface area contributed by atoms with Gasteiger partial charge in [0.25, 0.3) is 0 Å². The summed E-state index contributed by atoms with van der Waals surface area (Å²) in [4.78, 5) is 24.7. The summed E-state index contributed by atoms with van der Waals surface area (Å²) in [6.07, 6.45) is -0.519. The zero-order valence-corrected chi connectivity index (χ0v) is 18.5. The van der Waals surface area contributed by atoms with Crippen molar-refractivity contribution in [3.63, 3.8) is 0 Å². The van der Waals surface area contributed by atoms with E-state index in [1.54, 1.807) is 45.0 Å². The molecule has 2 aromatic carbocycles. The van der Waals surface area contributed by atoms with Crippen molar-refractivity contribution < 1.29 is 27.5 Å². The number of hydrogen-bond donors (Lipinski definition) is 1. The van der Waals surface area contributed by atoms with Crippen LogP contribution < -0.4 is 4.72 Å². The topological polar surface area (TPSA) is 98.8 Å². The highest BCUT2D eigenvalue weighted by Gasteiger charge is 2.32. The van der Waals surface area contributed by atoms with E-state index in [0.29, 0.717) is 5.02 Å². The number of hydrogen-bond acceptors (Lipinski definition) is 6. The molecule has 0 heterocycles. The molecule has 0 aliphatic heterocycles. The van der Waals surface area contributed by atoms with Gasteiger partial charge >= 0.3 is 11.9 Å². The third-order valence-corrected chi connectivity index (χ3v) is 5.47. The van der Waals surface area contributed by atoms with E-state index in [9.17, 15) is 18.0 Å². The quantitative estimate of drug-likeness (QED) is 0.614. The van der Waals surface area contributed by atoms with Gasteiger partial charge in [-0.15, -0.1) is 0 Å². The number of rotatable bonds is 8. The van der Waals surface area contributed by atoms with Gasteiger partial charge < -0.3 is 9.47 Å². The summed E-state index contributed by atoms with van der Waals surface area (Å²) in [6, 6.07) is 12.9. The fourth-order valence-electron chi connectivity index (χ4n) is 2.38. The number of esters is 2. The summed E-state index contributed by atoms with van der Waals surface area (Å²) in [6.45, 7) is 4.93. The Morgan fingerprint density at radius 1 is 1.03 bits per heavy atom. The summed E-state index contributed by atoms with van der Waals surface area (Å²) < 4.78 is 38.0. The lowest BCUT2D eigenvalue weighted by molar-refractivity contribution is -0.160. The summed E-state index contributed by atoms with van der Waals surface area (Å²) in [5.74, 6) is -1.62. The van der Waals surface area contributed by atoms with Crippen molar-refractivity contribution in [2.75, 3.05) is 0 Å². The van der Waals surface area contributed by atoms with Crippen LogP contribution in [0, 0.1) is 0 Å². The van der Waals surface area contributed by atoms with Gasteiger partial charge in [0.15, 0.2) is 0 Å². The van der Waals surface area contributed by atoms with Crippen LogP contribution >= 0.6 is 11.6 Å². The fraction of sp³-hybridized carbons (Fsp3) is 0.333. The van der Waals surface area contributed by atoms with Crippen LogP contribution in [-0.4, -0.2) is 32.0 Å². The molecule has 2 rings (SSSR count). The number of ether oxygens (including phenoxy) is 2. The van der Waals surface area contributed by atoms with Gasteiger partial charge in [0.2, 0.25) is 10.0 Å². The molecular weight excluding hydrogens is 430 g/mol. The van der Waals surface area contributed by atoms with E-state index in [1.807, 2.05) is 6.07 Å². The largest absolute Gasteiger partial charge is 0.461 e. The lowest BCUT2D eigenvalue weighted by atomic mass is 10.1. The number of benzene rings is 2. The molecule has 0 saturated carbocycles. The van der Waals surface area contributed by atoms with Crippen molar-refractivity contribution in [3.8, 4) is 0 Å². The highest BCUT2D eigenvalue weighted by molar-refractivity contribution is 7.89. The molecule has 30 heavy (non-hydrogen) atoms. The van der Waals surface area contributed by atoms with Crippen LogP contribution in [-0.2, 0) is 35.7 Å². The van der Waals surface area contributed by atoms with Crippen LogP contribution in [0.2, 0.25) is 5.02 Å². The Morgan fingerprint density at radius 3 is 2.20 bits per heavy atom. The van der Waals surface area contributed by atoms with Crippen LogP contribution in [0.4, 0.5) is 0 Å². The van der Waals surface area contributed by atoms with E-state index in [2.05, 4.69) is 4.72 Å². The second-order valence-corrected chi connectivity index (χ2v) is 9.66. The molecular formula is C21H24ClNO6S. The average molecular weight is 454 g/mol. The Balaban J connectivity index is 2.14. The van der Waals surface area contributed by atoms with Gasteiger partial charge in [-0.05, 0) is 50.6 Å². The van der Waals surface area contributed by atoms with Crippen LogP contribution in [0.15, 0.2) is 59.5 Å². The number of nitrogens with one attached hydrogen (secondary N) is 1. The Morgan fingerprint density at radius 2 is 1.63 bits per heavy atom. The molecule has 1 atom stereocenters. The predicted molar refractivity (Wildman–Crippen MR) is 112 cm³/mol. The zero-order chi connectivity index (χ0) is 22.4. The van der Waals surface area contributed by atoms with Gasteiger partial charge in [-0.1, -0.05) is 41.9 Å². The standard InChI is InChI=1S/C21H24ClNO6S/c1-21(2,3)29-20(25)18(13-19(24)28-14-15-7-5-4-6-8-15)23-30(26,27)17-11-9-16(22)10-12-17/h4-12,18,23H,13-14H2,1-3H3/t18-/m1/s1. The van der Waals surface area contributed by atoms with Crippen LogP contribution in [0.3, 0.4) is 0 Å². The minimum absolute atomic E-state index is 0.00461. The van der Waals surface area contributed by atoms with E-state index in [1.165, 1.54) is 24.3 Å². The molecule has 0 fully saturated rings. The van der Waals surface area contributed by atoms with Gasteiger partial charge in [-0.2, -0.15) is 4.72 Å². The monoisotopic (exact) mass is 453 g/mol. The molecule has 0 radical (unpaired) electrons. The average Bonchev–Trinajstić information content (AvgIpc) is 2.65. The molecule has 0 aliphatic rings. The first-order chi connectivity index (χ1) is 14.0. The molecule has 7 nitrogen and oxygen atoms in total. The van der Waals surface area contributed by atoms with Gasteiger partial charge in [-0.25, -0.2) is 8.42 Å². The summed E-state index contributed by atoms with van der Waals surface area (Å²) in [5.41, 5.74) is -0.101. The van der Waals surface area contributed by atoms with Gasteiger partial charge in [0.05, 0.1) is 11.3 Å². The minimum Gasteiger partial charge on any atom is -0.461 e. The second kappa shape index (κ2) is 10.1. The zero-order valence-electron chi connectivity index (χ0n) is 16.9. The Hall–Kier alpha value is -2.42. The number of sulfonamides is 1. The smallest absolute Gasteiger partial charge is 0.325 e. The number of carbonyl (C=O) groups is 2. The van der Waals surface area contributed by atoms with Crippen LogP contribution in [0.25, 0.3) is 0 Å². The second-order valence-electron chi connectivity index (χ2n) is 7.51. The lowest BCUT2D eigenvalue weighted by Gasteiger charge is -2.24. The molecule has 0 unspecified atom stereocenters. The third-order valence-electron chi connectivity index (χ3n) is 3.73. The van der Waals surface area contributed by atoms with E-state index < -0.39 is 40.0 Å². The Kier molecular flexibility index (Phi) is 8.00. The molecule has 0 saturated heterocycles. The van der Waals surface area contributed by atoms with E-state index in [0.717, 1.165) is 5.56 Å². The van der Waals surface area contributed by atoms with Crippen molar-refractivity contribution in [1.82, 2.24) is 4.72 Å². The molecule has 9 heteroatoms. The predicted octanol–water partition coefficient (Wildman–Crippen LogP) is 3.46. The van der Waals surface area contributed by atoms with E-state index >= 15 is 0 Å². The normalized spacial score (nSPS) is 12.8. The van der Waals surface area contributed by atoms with Crippen molar-refractivity contribution >= 4 is 33.6 Å². The number of carbonyl (C=O) groups excluding carboxylic acids is 2. The van der Waals surface area contributed by atoms with Gasteiger partial charge in [0.1, 0.15) is 18.2 Å². The van der Waals surface area contributed by atoms with Crippen LogP contribution in [0.5, 0.6) is 0 Å². The summed E-state index contributed by atoms with van der Waals surface area (Å²) >= 11 is 5.79. The highest BCUT2D eigenvalue weighted by atomic mass is 35.5. The molecule has 1 N–H and O–H groups in total. The maximum atomic E-state index is 12.7. The van der Waals surface area contributed by atoms with Crippen molar-refractivity contribution in [2.24, 2.45) is 0 Å². The van der Waals surface area contributed by atoms with Crippen molar-refractivity contribution in [1.29, 1.82) is 0 Å². The number of halogens is 1. The first-order valence-electron chi connectivity index (χ1n) is 9.16. The first-order valence-corrected chi connectivity index (χ1v) is 11.0. The van der Waals surface area contributed by atoms with Gasteiger partial charge in [-0.3, -0.25) is 9.59 Å². The van der Waals surface area contributed by atoms with Crippen molar-refractivity contribution in [2.45, 2.75) is 50.3 Å². The van der Waals surface area contributed by atoms with Crippen molar-refractivity contribution in [3.05, 3.63) is 65.2 Å². The van der Waals surface area contributed by atoms with Gasteiger partial charge in [0, 0.05) is 5.02 Å². The molecule has 0 bridgehead atoms. The minimum atomic E-state index is -4.11. The van der Waals surface area contributed by atoms with Crippen LogP contribution in [0.1, 0.15) is 32.8 Å². The molecule has 0 aliphatic carbocycles. The first kappa shape index (κ1) is 23.9.